The molecule has 4 heteroatoms. The second-order valence-corrected chi connectivity index (χ2v) is 8.79. The summed E-state index contributed by atoms with van der Waals surface area (Å²) in [6, 6.07) is 0. The van der Waals surface area contributed by atoms with Crippen LogP contribution in [-0.4, -0.2) is 62.3 Å². The molecule has 0 bridgehead atoms. The lowest BCUT2D eigenvalue weighted by atomic mass is 10.1. The van der Waals surface area contributed by atoms with Gasteiger partial charge in [-0.15, -0.1) is 0 Å². The number of unbranched alkanes of at least 4 members (excludes halogenated alkanes) is 1. The molecule has 0 aliphatic carbocycles. The topological polar surface area (TPSA) is 44.5 Å². The van der Waals surface area contributed by atoms with E-state index in [4.69, 9.17) is 5.73 Å². The van der Waals surface area contributed by atoms with Crippen LogP contribution in [0.5, 0.6) is 0 Å². The number of nitrogens with two attached hydrogens (primary N) is 1. The van der Waals surface area contributed by atoms with Gasteiger partial charge in [-0.1, -0.05) is 79.7 Å². The predicted octanol–water partition coefficient (Wildman–Crippen LogP) is 5.83. The quantitative estimate of drug-likeness (QED) is 0.152. The van der Waals surface area contributed by atoms with E-state index in [0.717, 1.165) is 43.2 Å². The number of hydrogen-bond acceptors (Lipinski definition) is 4. The minimum Gasteiger partial charge on any atom is -0.318 e. The zero-order chi connectivity index (χ0) is 23.9. The van der Waals surface area contributed by atoms with Crippen LogP contribution in [0.15, 0.2) is 36.5 Å². The van der Waals surface area contributed by atoms with Crippen LogP contribution >= 0.6 is 0 Å². The fourth-order valence-electron chi connectivity index (χ4n) is 3.31. The normalized spacial score (nSPS) is 12.3. The molecule has 1 atom stereocenters. The molecule has 0 spiro atoms. The van der Waals surface area contributed by atoms with Gasteiger partial charge in [-0.2, -0.15) is 0 Å². The fourth-order valence-corrected chi connectivity index (χ4v) is 3.31. The first-order chi connectivity index (χ1) is 14.9. The van der Waals surface area contributed by atoms with Crippen molar-refractivity contribution in [2.75, 3.05) is 52.5 Å². The van der Waals surface area contributed by atoms with E-state index in [1.54, 1.807) is 0 Å². The number of hydrogen-bond donors (Lipinski definition) is 2. The highest BCUT2D eigenvalue weighted by molar-refractivity contribution is 5.26. The molecule has 0 rings (SSSR count). The molecule has 31 heavy (non-hydrogen) atoms. The zero-order valence-electron chi connectivity index (χ0n) is 22.0. The van der Waals surface area contributed by atoms with Crippen LogP contribution in [-0.2, 0) is 0 Å². The van der Waals surface area contributed by atoms with Gasteiger partial charge in [0.05, 0.1) is 0 Å². The Morgan fingerprint density at radius 2 is 1.39 bits per heavy atom. The third-order valence-corrected chi connectivity index (χ3v) is 5.02. The Bertz CT molecular complexity index is 439. The molecule has 184 valence electrons. The van der Waals surface area contributed by atoms with Crippen molar-refractivity contribution in [2.45, 2.75) is 80.1 Å². The summed E-state index contributed by atoms with van der Waals surface area (Å²) in [6.07, 6.45) is 11.7. The van der Waals surface area contributed by atoms with Crippen molar-refractivity contribution in [3.05, 3.63) is 36.5 Å². The first-order valence-electron chi connectivity index (χ1n) is 12.8. The molecular weight excluding hydrogens is 380 g/mol. The van der Waals surface area contributed by atoms with E-state index in [1.807, 2.05) is 0 Å². The average molecular weight is 437 g/mol. The summed E-state index contributed by atoms with van der Waals surface area (Å²) in [5, 5.41) is 3.09. The lowest BCUT2D eigenvalue weighted by Gasteiger charge is -2.26. The first-order valence-corrected chi connectivity index (χ1v) is 12.8. The van der Waals surface area contributed by atoms with E-state index in [-0.39, 0.29) is 0 Å². The van der Waals surface area contributed by atoms with E-state index < -0.39 is 0 Å². The van der Waals surface area contributed by atoms with Gasteiger partial charge < -0.3 is 16.0 Å². The Morgan fingerprint density at radius 1 is 0.871 bits per heavy atom. The molecule has 0 saturated carbocycles. The van der Waals surface area contributed by atoms with E-state index in [1.165, 1.54) is 58.2 Å². The Kier molecular flexibility index (Phi) is 24.7. The molecule has 0 aliphatic heterocycles. The summed E-state index contributed by atoms with van der Waals surface area (Å²) in [7, 11) is 0. The summed E-state index contributed by atoms with van der Waals surface area (Å²) >= 11 is 0. The average Bonchev–Trinajstić information content (AvgIpc) is 2.74. The van der Waals surface area contributed by atoms with Gasteiger partial charge in [0.15, 0.2) is 0 Å². The standard InChI is InChI=1S/C24H48N4.C3H8/c1-7-14-27(15-8-2)16-10-11-17-28(19-22(4)9-3)20-24(6)13-12-23(5)18-26-21-25;1-3-2/h12-13,22,26H,5-11,14-21,25H2,1-4H3;3H2,1-2H3/b13-12-;. The lowest BCUT2D eigenvalue weighted by Crippen LogP contribution is -2.32. The molecule has 0 heterocycles. The van der Waals surface area contributed by atoms with Crippen LogP contribution in [0.25, 0.3) is 0 Å². The molecule has 3 N–H and O–H groups in total. The number of rotatable bonds is 19. The maximum Gasteiger partial charge on any atom is 0.0431 e. The number of nitrogens with one attached hydrogen (secondary N) is 1. The Hall–Kier alpha value is -0.940. The largest absolute Gasteiger partial charge is 0.318 e. The molecule has 1 unspecified atom stereocenters. The van der Waals surface area contributed by atoms with Crippen molar-refractivity contribution >= 4 is 0 Å². The molecule has 0 aromatic heterocycles. The fraction of sp³-hybridized carbons (Fsp3) is 0.778. The van der Waals surface area contributed by atoms with Crippen molar-refractivity contribution in [3.63, 3.8) is 0 Å². The van der Waals surface area contributed by atoms with Crippen molar-refractivity contribution in [3.8, 4) is 0 Å². The maximum absolute atomic E-state index is 5.46. The molecule has 0 amide bonds. The molecule has 0 aromatic carbocycles. The van der Waals surface area contributed by atoms with E-state index in [2.05, 4.69) is 82.0 Å². The highest BCUT2D eigenvalue weighted by Gasteiger charge is 2.10. The highest BCUT2D eigenvalue weighted by atomic mass is 15.1. The van der Waals surface area contributed by atoms with Crippen LogP contribution in [0.4, 0.5) is 0 Å². The predicted molar refractivity (Wildman–Crippen MR) is 143 cm³/mol. The summed E-state index contributed by atoms with van der Waals surface area (Å²) in [6.45, 7) is 29.9. The van der Waals surface area contributed by atoms with Crippen molar-refractivity contribution in [1.29, 1.82) is 0 Å². The van der Waals surface area contributed by atoms with Gasteiger partial charge in [-0.05, 0) is 68.9 Å². The Balaban J connectivity index is 0. The van der Waals surface area contributed by atoms with Crippen molar-refractivity contribution < 1.29 is 0 Å². The van der Waals surface area contributed by atoms with Crippen molar-refractivity contribution in [2.24, 2.45) is 11.7 Å². The van der Waals surface area contributed by atoms with E-state index in [0.29, 0.717) is 6.67 Å². The lowest BCUT2D eigenvalue weighted by molar-refractivity contribution is 0.231. The van der Waals surface area contributed by atoms with Crippen LogP contribution in [0.1, 0.15) is 80.1 Å². The van der Waals surface area contributed by atoms with E-state index in [9.17, 15) is 0 Å². The molecule has 0 fully saturated rings. The van der Waals surface area contributed by atoms with Crippen LogP contribution < -0.4 is 11.1 Å². The minimum absolute atomic E-state index is 0.477. The second kappa shape index (κ2) is 23.7. The number of nitrogens with zero attached hydrogens (tertiary/aromatic N) is 2. The van der Waals surface area contributed by atoms with Gasteiger partial charge in [-0.25, -0.2) is 0 Å². The van der Waals surface area contributed by atoms with Gasteiger partial charge in [0.2, 0.25) is 0 Å². The van der Waals surface area contributed by atoms with Crippen molar-refractivity contribution in [1.82, 2.24) is 15.1 Å². The van der Waals surface area contributed by atoms with Gasteiger partial charge in [0.1, 0.15) is 0 Å². The van der Waals surface area contributed by atoms with E-state index >= 15 is 0 Å². The SMILES string of the molecule is C=C(/C=C\C(=C)CN(CCCCN(CCC)CCC)CC(C)CC)CNCN.CCC. The third kappa shape index (κ3) is 22.1. The third-order valence-electron chi connectivity index (χ3n) is 5.02. The molecular formula is C27H56N4. The Labute approximate surface area is 196 Å². The van der Waals surface area contributed by atoms with Gasteiger partial charge in [-0.3, -0.25) is 4.90 Å². The van der Waals surface area contributed by atoms with Gasteiger partial charge in [0, 0.05) is 26.3 Å². The summed E-state index contributed by atoms with van der Waals surface area (Å²) in [5.74, 6) is 0.720. The zero-order valence-corrected chi connectivity index (χ0v) is 22.0. The van der Waals surface area contributed by atoms with Crippen LogP contribution in [0.3, 0.4) is 0 Å². The molecule has 0 aliphatic rings. The molecule has 4 nitrogen and oxygen atoms in total. The van der Waals surface area contributed by atoms with Gasteiger partial charge >= 0.3 is 0 Å². The van der Waals surface area contributed by atoms with Gasteiger partial charge in [0.25, 0.3) is 0 Å². The molecule has 0 radical (unpaired) electrons. The first kappa shape index (κ1) is 32.2. The van der Waals surface area contributed by atoms with Crippen LogP contribution in [0.2, 0.25) is 0 Å². The van der Waals surface area contributed by atoms with Crippen LogP contribution in [0, 0.1) is 5.92 Å². The highest BCUT2D eigenvalue weighted by Crippen LogP contribution is 2.10. The summed E-state index contributed by atoms with van der Waals surface area (Å²) in [5.41, 5.74) is 7.65. The summed E-state index contributed by atoms with van der Waals surface area (Å²) < 4.78 is 0. The monoisotopic (exact) mass is 436 g/mol. The summed E-state index contributed by atoms with van der Waals surface area (Å²) in [4.78, 5) is 5.19. The molecule has 0 saturated heterocycles. The minimum atomic E-state index is 0.477. The maximum atomic E-state index is 5.46. The smallest absolute Gasteiger partial charge is 0.0431 e. The molecule has 0 aromatic rings. The second-order valence-electron chi connectivity index (χ2n) is 8.79. The Morgan fingerprint density at radius 3 is 1.87 bits per heavy atom.